The van der Waals surface area contributed by atoms with Crippen LogP contribution >= 0.6 is 22.9 Å². The van der Waals surface area contributed by atoms with Crippen LogP contribution in [0.1, 0.15) is 34.1 Å². The van der Waals surface area contributed by atoms with Crippen molar-refractivity contribution in [3.8, 4) is 11.1 Å². The van der Waals surface area contributed by atoms with E-state index in [0.29, 0.717) is 34.0 Å². The standard InChI is InChI=1S/C28H20ClN3O3S/c1-31-22-14-19(29)9-10-20(22)25(17-6-3-2-4-7-17)26(28(31)34)21-15-23(24-8-5-12-35-24)32(30-21)27(33)18-11-13-36-16-18/h2-14,16,23H,15H2,1H3/t23-/m0/s1. The zero-order chi connectivity index (χ0) is 24.8. The summed E-state index contributed by atoms with van der Waals surface area (Å²) in [7, 11) is 1.73. The Morgan fingerprint density at radius 2 is 1.92 bits per heavy atom. The summed E-state index contributed by atoms with van der Waals surface area (Å²) < 4.78 is 7.28. The number of hydrogen-bond donors (Lipinski definition) is 0. The molecule has 0 saturated carbocycles. The number of pyridine rings is 1. The average molecular weight is 514 g/mol. The van der Waals surface area contributed by atoms with Crippen molar-refractivity contribution in [1.29, 1.82) is 0 Å². The van der Waals surface area contributed by atoms with E-state index in [1.807, 2.05) is 53.9 Å². The Hall–Kier alpha value is -3.94. The van der Waals surface area contributed by atoms with Crippen molar-refractivity contribution in [1.82, 2.24) is 9.58 Å². The van der Waals surface area contributed by atoms with Crippen LogP contribution in [0.5, 0.6) is 0 Å². The second-order valence-corrected chi connectivity index (χ2v) is 9.80. The molecule has 5 aromatic rings. The first kappa shape index (κ1) is 22.5. The van der Waals surface area contributed by atoms with E-state index in [1.165, 1.54) is 16.3 Å². The van der Waals surface area contributed by atoms with Crippen LogP contribution in [0.2, 0.25) is 5.02 Å². The minimum Gasteiger partial charge on any atom is -0.467 e. The molecule has 0 spiro atoms. The van der Waals surface area contributed by atoms with Crippen LogP contribution in [-0.4, -0.2) is 21.2 Å². The van der Waals surface area contributed by atoms with E-state index in [-0.39, 0.29) is 11.5 Å². The minimum atomic E-state index is -0.461. The van der Waals surface area contributed by atoms with Gasteiger partial charge < -0.3 is 8.98 Å². The number of amides is 1. The zero-order valence-corrected chi connectivity index (χ0v) is 20.8. The first-order valence-electron chi connectivity index (χ1n) is 11.4. The Kier molecular flexibility index (Phi) is 5.59. The van der Waals surface area contributed by atoms with E-state index < -0.39 is 6.04 Å². The van der Waals surface area contributed by atoms with Gasteiger partial charge in [-0.1, -0.05) is 48.0 Å². The summed E-state index contributed by atoms with van der Waals surface area (Å²) in [6.07, 6.45) is 1.92. The predicted octanol–water partition coefficient (Wildman–Crippen LogP) is 6.50. The number of furan rings is 1. The Labute approximate surface area is 215 Å². The lowest BCUT2D eigenvalue weighted by Gasteiger charge is -2.19. The molecule has 1 aliphatic heterocycles. The number of benzene rings is 2. The maximum absolute atomic E-state index is 13.9. The number of nitrogens with zero attached hydrogens (tertiary/aromatic N) is 3. The molecule has 1 aliphatic rings. The molecule has 3 aromatic heterocycles. The van der Waals surface area contributed by atoms with E-state index in [1.54, 1.807) is 41.5 Å². The second kappa shape index (κ2) is 8.93. The van der Waals surface area contributed by atoms with E-state index in [9.17, 15) is 9.59 Å². The summed E-state index contributed by atoms with van der Waals surface area (Å²) in [4.78, 5) is 27.3. The number of aryl methyl sites for hydroxylation is 1. The van der Waals surface area contributed by atoms with Crippen LogP contribution in [0.3, 0.4) is 0 Å². The monoisotopic (exact) mass is 513 g/mol. The van der Waals surface area contributed by atoms with Crippen LogP contribution in [-0.2, 0) is 7.05 Å². The van der Waals surface area contributed by atoms with Crippen LogP contribution < -0.4 is 5.56 Å². The van der Waals surface area contributed by atoms with Crippen molar-refractivity contribution >= 4 is 45.5 Å². The van der Waals surface area contributed by atoms with Gasteiger partial charge in [0.1, 0.15) is 11.8 Å². The number of fused-ring (bicyclic) bond motifs is 1. The molecule has 178 valence electrons. The summed E-state index contributed by atoms with van der Waals surface area (Å²) >= 11 is 7.74. The van der Waals surface area contributed by atoms with Crippen molar-refractivity contribution in [3.05, 3.63) is 116 Å². The summed E-state index contributed by atoms with van der Waals surface area (Å²) in [5.41, 5.74) is 3.73. The number of carbonyl (C=O) groups is 1. The van der Waals surface area contributed by atoms with E-state index in [2.05, 4.69) is 0 Å². The molecule has 0 bridgehead atoms. The van der Waals surface area contributed by atoms with Gasteiger partial charge in [-0.25, -0.2) is 5.01 Å². The molecule has 4 heterocycles. The molecule has 6 rings (SSSR count). The normalized spacial score (nSPS) is 15.4. The van der Waals surface area contributed by atoms with Crippen LogP contribution in [0.15, 0.2) is 98.1 Å². The van der Waals surface area contributed by atoms with Crippen molar-refractivity contribution < 1.29 is 9.21 Å². The summed E-state index contributed by atoms with van der Waals surface area (Å²) in [5.74, 6) is 0.376. The SMILES string of the molecule is Cn1c(=O)c(C2=NN(C(=O)c3ccsc3)[C@H](c3ccco3)C2)c(-c2ccccc2)c2ccc(Cl)cc21. The Bertz CT molecular complexity index is 1670. The Balaban J connectivity index is 1.61. The lowest BCUT2D eigenvalue weighted by molar-refractivity contribution is 0.0693. The summed E-state index contributed by atoms with van der Waals surface area (Å²) in [6, 6.07) is 20.2. The number of rotatable bonds is 4. The van der Waals surface area contributed by atoms with Gasteiger partial charge in [0.15, 0.2) is 0 Å². The first-order chi connectivity index (χ1) is 17.5. The average Bonchev–Trinajstić information content (AvgIpc) is 3.68. The molecule has 8 heteroatoms. The van der Waals surface area contributed by atoms with Gasteiger partial charge in [-0.3, -0.25) is 9.59 Å². The molecule has 0 unspecified atom stereocenters. The quantitative estimate of drug-likeness (QED) is 0.275. The third-order valence-corrected chi connectivity index (χ3v) is 7.39. The topological polar surface area (TPSA) is 67.8 Å². The molecule has 1 amide bonds. The van der Waals surface area contributed by atoms with Crippen molar-refractivity contribution in [2.75, 3.05) is 0 Å². The summed E-state index contributed by atoms with van der Waals surface area (Å²) in [5, 5.41) is 11.3. The van der Waals surface area contributed by atoms with E-state index in [0.717, 1.165) is 22.0 Å². The summed E-state index contributed by atoms with van der Waals surface area (Å²) in [6.45, 7) is 0. The highest BCUT2D eigenvalue weighted by Crippen LogP contribution is 2.38. The minimum absolute atomic E-state index is 0.203. The molecule has 0 fully saturated rings. The fourth-order valence-corrected chi connectivity index (χ4v) is 5.55. The highest BCUT2D eigenvalue weighted by Gasteiger charge is 2.37. The van der Waals surface area contributed by atoms with Gasteiger partial charge in [0.05, 0.1) is 28.6 Å². The largest absolute Gasteiger partial charge is 0.467 e. The molecule has 2 aromatic carbocycles. The highest BCUT2D eigenvalue weighted by atomic mass is 35.5. The molecule has 0 N–H and O–H groups in total. The first-order valence-corrected chi connectivity index (χ1v) is 12.7. The zero-order valence-electron chi connectivity index (χ0n) is 19.2. The second-order valence-electron chi connectivity index (χ2n) is 8.59. The van der Waals surface area contributed by atoms with E-state index in [4.69, 9.17) is 21.1 Å². The lowest BCUT2D eigenvalue weighted by Crippen LogP contribution is -2.26. The van der Waals surface area contributed by atoms with Crippen molar-refractivity contribution in [2.24, 2.45) is 12.1 Å². The third kappa shape index (κ3) is 3.68. The number of carbonyl (C=O) groups excluding carboxylic acids is 1. The van der Waals surface area contributed by atoms with Gasteiger partial charge in [0.2, 0.25) is 0 Å². The van der Waals surface area contributed by atoms with Gasteiger partial charge in [-0.15, -0.1) is 0 Å². The predicted molar refractivity (Wildman–Crippen MR) is 143 cm³/mol. The van der Waals surface area contributed by atoms with Crippen LogP contribution in [0.4, 0.5) is 0 Å². The van der Waals surface area contributed by atoms with Gasteiger partial charge >= 0.3 is 0 Å². The number of hydrazone groups is 1. The number of aromatic nitrogens is 1. The van der Waals surface area contributed by atoms with Crippen LogP contribution in [0.25, 0.3) is 22.0 Å². The van der Waals surface area contributed by atoms with Gasteiger partial charge in [-0.05, 0) is 41.3 Å². The molecule has 1 atom stereocenters. The van der Waals surface area contributed by atoms with E-state index >= 15 is 0 Å². The van der Waals surface area contributed by atoms with Crippen molar-refractivity contribution in [2.45, 2.75) is 12.5 Å². The van der Waals surface area contributed by atoms with Gasteiger partial charge in [0, 0.05) is 34.8 Å². The Morgan fingerprint density at radius 1 is 1.08 bits per heavy atom. The molecular formula is C28H20ClN3O3S. The molecule has 0 radical (unpaired) electrons. The van der Waals surface area contributed by atoms with Crippen molar-refractivity contribution in [3.63, 3.8) is 0 Å². The fraction of sp³-hybridized carbons (Fsp3) is 0.107. The molecule has 6 nitrogen and oxygen atoms in total. The molecule has 36 heavy (non-hydrogen) atoms. The Morgan fingerprint density at radius 3 is 2.64 bits per heavy atom. The molecular weight excluding hydrogens is 494 g/mol. The number of halogens is 1. The highest BCUT2D eigenvalue weighted by molar-refractivity contribution is 7.08. The number of thiophene rings is 1. The molecule has 0 aliphatic carbocycles. The maximum Gasteiger partial charge on any atom is 0.275 e. The molecule has 0 saturated heterocycles. The lowest BCUT2D eigenvalue weighted by atomic mass is 9.91. The fourth-order valence-electron chi connectivity index (χ4n) is 4.75. The smallest absolute Gasteiger partial charge is 0.275 e. The van der Waals surface area contributed by atoms with Crippen LogP contribution in [0, 0.1) is 0 Å². The number of hydrogen-bond acceptors (Lipinski definition) is 5. The van der Waals surface area contributed by atoms with Gasteiger partial charge in [0.25, 0.3) is 11.5 Å². The maximum atomic E-state index is 13.9. The van der Waals surface area contributed by atoms with Gasteiger partial charge in [-0.2, -0.15) is 16.4 Å². The third-order valence-electron chi connectivity index (χ3n) is 6.47.